The van der Waals surface area contributed by atoms with Crippen LogP contribution in [0.15, 0.2) is 35.6 Å². The predicted octanol–water partition coefficient (Wildman–Crippen LogP) is 3.09. The van der Waals surface area contributed by atoms with Gasteiger partial charge in [-0.2, -0.15) is 19.1 Å². The Labute approximate surface area is 139 Å². The highest BCUT2D eigenvalue weighted by Gasteiger charge is 2.21. The minimum absolute atomic E-state index is 0.126. The van der Waals surface area contributed by atoms with E-state index in [1.165, 1.54) is 18.3 Å². The highest BCUT2D eigenvalue weighted by Crippen LogP contribution is 2.32. The Bertz CT molecular complexity index is 1070. The number of sulfonamides is 1. The number of H-pyrrole nitrogens is 1. The van der Waals surface area contributed by atoms with E-state index in [1.807, 2.05) is 6.07 Å². The summed E-state index contributed by atoms with van der Waals surface area (Å²) in [6, 6.07) is 4.77. The third kappa shape index (κ3) is 2.68. The average Bonchev–Trinajstić information content (AvgIpc) is 3.17. The van der Waals surface area contributed by atoms with E-state index in [4.69, 9.17) is 16.9 Å². The summed E-state index contributed by atoms with van der Waals surface area (Å²) in [6.45, 7) is -2.95. The van der Waals surface area contributed by atoms with Crippen molar-refractivity contribution in [3.05, 3.63) is 41.3 Å². The SMILES string of the molecule is N#Cc1c[nH]c2c(NS(=O)(=O)c3cnn(C(F)F)c3)ccc(Cl)c12. The van der Waals surface area contributed by atoms with Gasteiger partial charge in [0.25, 0.3) is 10.0 Å². The monoisotopic (exact) mass is 371 g/mol. The number of alkyl halides is 2. The summed E-state index contributed by atoms with van der Waals surface area (Å²) >= 11 is 6.04. The molecule has 0 saturated heterocycles. The molecule has 0 aliphatic rings. The number of anilines is 1. The summed E-state index contributed by atoms with van der Waals surface area (Å²) in [5.74, 6) is 0. The van der Waals surface area contributed by atoms with Crippen LogP contribution >= 0.6 is 11.6 Å². The van der Waals surface area contributed by atoms with Gasteiger partial charge >= 0.3 is 6.55 Å². The molecule has 2 heterocycles. The fourth-order valence-corrected chi connectivity index (χ4v) is 3.42. The maximum Gasteiger partial charge on any atom is 0.333 e. The third-order valence-corrected chi connectivity index (χ3v) is 4.87. The Morgan fingerprint density at radius 2 is 2.17 bits per heavy atom. The van der Waals surface area contributed by atoms with Gasteiger partial charge in [0, 0.05) is 11.6 Å². The molecule has 124 valence electrons. The van der Waals surface area contributed by atoms with Crippen LogP contribution in [-0.4, -0.2) is 23.2 Å². The van der Waals surface area contributed by atoms with Crippen LogP contribution in [0, 0.1) is 11.3 Å². The Kier molecular flexibility index (Phi) is 3.90. The van der Waals surface area contributed by atoms with Gasteiger partial charge in [-0.15, -0.1) is 0 Å². The molecule has 0 bridgehead atoms. The van der Waals surface area contributed by atoms with E-state index in [2.05, 4.69) is 14.8 Å². The van der Waals surface area contributed by atoms with E-state index in [-0.39, 0.29) is 21.0 Å². The molecule has 0 unspecified atom stereocenters. The average molecular weight is 372 g/mol. The maximum absolute atomic E-state index is 12.5. The first-order chi connectivity index (χ1) is 11.3. The van der Waals surface area contributed by atoms with E-state index in [0.29, 0.717) is 10.9 Å². The molecular weight excluding hydrogens is 364 g/mol. The second kappa shape index (κ2) is 5.77. The molecule has 0 atom stereocenters. The number of hydrogen-bond donors (Lipinski definition) is 2. The van der Waals surface area contributed by atoms with E-state index >= 15 is 0 Å². The van der Waals surface area contributed by atoms with E-state index in [0.717, 1.165) is 12.4 Å². The van der Waals surface area contributed by atoms with Gasteiger partial charge in [-0.3, -0.25) is 4.72 Å². The zero-order chi connectivity index (χ0) is 17.5. The lowest BCUT2D eigenvalue weighted by atomic mass is 10.1. The predicted molar refractivity (Wildman–Crippen MR) is 82.3 cm³/mol. The summed E-state index contributed by atoms with van der Waals surface area (Å²) < 4.78 is 52.2. The van der Waals surface area contributed by atoms with Gasteiger partial charge < -0.3 is 4.98 Å². The lowest BCUT2D eigenvalue weighted by Crippen LogP contribution is -2.12. The number of nitrogens with one attached hydrogen (secondary N) is 2. The lowest BCUT2D eigenvalue weighted by Gasteiger charge is -2.08. The number of aromatic amines is 1. The standard InChI is InChI=1S/C13H8ClF2N5O2S/c14-9-1-2-10(12-11(9)7(3-17)4-18-12)20-24(22,23)8-5-19-21(6-8)13(15)16/h1-2,4-6,13,18,20H. The smallest absolute Gasteiger partial charge is 0.333 e. The molecule has 0 aliphatic carbocycles. The fraction of sp³-hybridized carbons (Fsp3) is 0.0769. The van der Waals surface area contributed by atoms with E-state index in [9.17, 15) is 17.2 Å². The van der Waals surface area contributed by atoms with Crippen LogP contribution in [0.5, 0.6) is 0 Å². The van der Waals surface area contributed by atoms with Crippen LogP contribution in [0.3, 0.4) is 0 Å². The van der Waals surface area contributed by atoms with Crippen LogP contribution in [0.25, 0.3) is 10.9 Å². The molecule has 0 spiro atoms. The summed E-state index contributed by atoms with van der Waals surface area (Å²) in [4.78, 5) is 2.35. The molecule has 0 fully saturated rings. The second-order valence-electron chi connectivity index (χ2n) is 4.70. The van der Waals surface area contributed by atoms with Gasteiger partial charge in [0.05, 0.1) is 34.2 Å². The Balaban J connectivity index is 2.04. The number of rotatable bonds is 4. The molecule has 0 saturated carbocycles. The molecule has 7 nitrogen and oxygen atoms in total. The molecule has 2 aromatic heterocycles. The van der Waals surface area contributed by atoms with Crippen LogP contribution in [0.2, 0.25) is 5.02 Å². The van der Waals surface area contributed by atoms with Crippen molar-refractivity contribution in [2.24, 2.45) is 0 Å². The zero-order valence-corrected chi connectivity index (χ0v) is 13.2. The molecule has 0 aliphatic heterocycles. The Morgan fingerprint density at radius 1 is 1.42 bits per heavy atom. The Morgan fingerprint density at radius 3 is 2.79 bits per heavy atom. The lowest BCUT2D eigenvalue weighted by molar-refractivity contribution is 0.0564. The van der Waals surface area contributed by atoms with Gasteiger partial charge in [0.15, 0.2) is 0 Å². The number of benzene rings is 1. The molecule has 24 heavy (non-hydrogen) atoms. The first-order valence-corrected chi connectivity index (χ1v) is 8.24. The van der Waals surface area contributed by atoms with Crippen molar-refractivity contribution >= 4 is 38.2 Å². The zero-order valence-electron chi connectivity index (χ0n) is 11.7. The van der Waals surface area contributed by atoms with Crippen molar-refractivity contribution < 1.29 is 17.2 Å². The first kappa shape index (κ1) is 16.2. The van der Waals surface area contributed by atoms with Crippen LogP contribution < -0.4 is 4.72 Å². The molecule has 11 heteroatoms. The number of nitrogens with zero attached hydrogens (tertiary/aromatic N) is 3. The third-order valence-electron chi connectivity index (χ3n) is 3.24. The highest BCUT2D eigenvalue weighted by molar-refractivity contribution is 7.92. The quantitative estimate of drug-likeness (QED) is 0.735. The molecular formula is C13H8ClF2N5O2S. The first-order valence-electron chi connectivity index (χ1n) is 6.38. The molecule has 0 amide bonds. The number of aromatic nitrogens is 3. The van der Waals surface area contributed by atoms with Crippen LogP contribution in [0.1, 0.15) is 12.1 Å². The topological polar surface area (TPSA) is 104 Å². The summed E-state index contributed by atoms with van der Waals surface area (Å²) in [5, 5.41) is 13.0. The maximum atomic E-state index is 12.5. The largest absolute Gasteiger partial charge is 0.358 e. The van der Waals surface area contributed by atoms with Crippen LogP contribution in [-0.2, 0) is 10.0 Å². The van der Waals surface area contributed by atoms with Gasteiger partial charge in [-0.1, -0.05) is 11.6 Å². The molecule has 3 rings (SSSR count). The van der Waals surface area contributed by atoms with Crippen molar-refractivity contribution in [3.8, 4) is 6.07 Å². The minimum Gasteiger partial charge on any atom is -0.358 e. The Hall–Kier alpha value is -2.64. The minimum atomic E-state index is -4.14. The molecule has 2 N–H and O–H groups in total. The number of halogens is 3. The number of hydrogen-bond acceptors (Lipinski definition) is 4. The summed E-state index contributed by atoms with van der Waals surface area (Å²) in [7, 11) is -4.14. The van der Waals surface area contributed by atoms with Gasteiger partial charge in [0.1, 0.15) is 11.0 Å². The van der Waals surface area contributed by atoms with E-state index in [1.54, 1.807) is 0 Å². The summed E-state index contributed by atoms with van der Waals surface area (Å²) in [6.07, 6.45) is 2.93. The van der Waals surface area contributed by atoms with Gasteiger partial charge in [0.2, 0.25) is 0 Å². The van der Waals surface area contributed by atoms with E-state index < -0.39 is 21.5 Å². The van der Waals surface area contributed by atoms with Gasteiger partial charge in [-0.05, 0) is 12.1 Å². The molecule has 1 aromatic carbocycles. The number of nitriles is 1. The van der Waals surface area contributed by atoms with Gasteiger partial charge in [-0.25, -0.2) is 13.1 Å². The van der Waals surface area contributed by atoms with Crippen molar-refractivity contribution in [1.82, 2.24) is 14.8 Å². The second-order valence-corrected chi connectivity index (χ2v) is 6.79. The van der Waals surface area contributed by atoms with Crippen molar-refractivity contribution in [1.29, 1.82) is 5.26 Å². The number of fused-ring (bicyclic) bond motifs is 1. The van der Waals surface area contributed by atoms with Crippen LogP contribution in [0.4, 0.5) is 14.5 Å². The molecule has 3 aromatic rings. The van der Waals surface area contributed by atoms with Crippen molar-refractivity contribution in [2.45, 2.75) is 11.4 Å². The summed E-state index contributed by atoms with van der Waals surface area (Å²) in [5.41, 5.74) is 0.686. The fourth-order valence-electron chi connectivity index (χ4n) is 2.15. The molecule has 0 radical (unpaired) electrons. The normalized spacial score (nSPS) is 11.8. The van der Waals surface area contributed by atoms with Crippen molar-refractivity contribution in [2.75, 3.05) is 4.72 Å². The highest BCUT2D eigenvalue weighted by atomic mass is 35.5. The van der Waals surface area contributed by atoms with Crippen molar-refractivity contribution in [3.63, 3.8) is 0 Å².